The van der Waals surface area contributed by atoms with Crippen molar-refractivity contribution in [1.82, 2.24) is 10.2 Å². The third-order valence-corrected chi connectivity index (χ3v) is 5.08. The Morgan fingerprint density at radius 1 is 1.12 bits per heavy atom. The number of hydrogen-bond acceptors (Lipinski definition) is 2. The number of benzene rings is 1. The van der Waals surface area contributed by atoms with E-state index in [0.717, 1.165) is 50.0 Å². The number of carbonyl (C=O) groups excluding carboxylic acids is 1. The minimum Gasteiger partial charge on any atom is -0.343 e. The zero-order valence-electron chi connectivity index (χ0n) is 14.5. The van der Waals surface area contributed by atoms with Gasteiger partial charge in [0, 0.05) is 25.6 Å². The summed E-state index contributed by atoms with van der Waals surface area (Å²) in [6.07, 6.45) is 6.53. The molecule has 0 atom stereocenters. The molecule has 2 fully saturated rings. The number of amides is 1. The van der Waals surface area contributed by atoms with Crippen molar-refractivity contribution >= 4 is 18.3 Å². The summed E-state index contributed by atoms with van der Waals surface area (Å²) in [6, 6.07) is 4.50. The zero-order valence-corrected chi connectivity index (χ0v) is 15.3. The molecule has 2 aliphatic rings. The van der Waals surface area contributed by atoms with E-state index in [1.165, 1.54) is 18.9 Å². The molecule has 1 aromatic rings. The molecule has 0 spiro atoms. The van der Waals surface area contributed by atoms with E-state index in [-0.39, 0.29) is 18.3 Å². The van der Waals surface area contributed by atoms with Gasteiger partial charge in [-0.15, -0.1) is 12.4 Å². The quantitative estimate of drug-likeness (QED) is 0.791. The Hall–Kier alpha value is -1.20. The van der Waals surface area contributed by atoms with E-state index < -0.39 is 11.6 Å². The van der Waals surface area contributed by atoms with E-state index in [1.54, 1.807) is 6.07 Å². The second-order valence-electron chi connectivity index (χ2n) is 7.11. The van der Waals surface area contributed by atoms with Gasteiger partial charge in [0.05, 0.1) is 0 Å². The van der Waals surface area contributed by atoms with Crippen LogP contribution >= 0.6 is 12.4 Å². The van der Waals surface area contributed by atoms with Crippen LogP contribution in [0.25, 0.3) is 0 Å². The van der Waals surface area contributed by atoms with Crippen molar-refractivity contribution in [3.63, 3.8) is 0 Å². The molecule has 1 heterocycles. The van der Waals surface area contributed by atoms with E-state index in [1.807, 2.05) is 4.90 Å². The van der Waals surface area contributed by atoms with Gasteiger partial charge in [0.15, 0.2) is 11.6 Å². The summed E-state index contributed by atoms with van der Waals surface area (Å²) in [5.41, 5.74) is 0.740. The minimum absolute atomic E-state index is 0. The van der Waals surface area contributed by atoms with E-state index >= 15 is 0 Å². The van der Waals surface area contributed by atoms with Gasteiger partial charge in [-0.25, -0.2) is 8.78 Å². The molecule has 3 nitrogen and oxygen atoms in total. The van der Waals surface area contributed by atoms with Gasteiger partial charge in [-0.05, 0) is 68.7 Å². The molecule has 0 bridgehead atoms. The molecule has 1 aliphatic carbocycles. The molecule has 1 N–H and O–H groups in total. The standard InChI is InChI=1S/C19H26F2N2O.ClH/c20-17-7-6-14(12-18(17)21)2-1-3-19(24)23-10-8-16(9-11-23)22-13-15-4-5-15;/h6-7,12,15-16,22H,1-5,8-11,13H2;1H. The predicted octanol–water partition coefficient (Wildman–Crippen LogP) is 3.70. The molecule has 140 valence electrons. The number of likely N-dealkylation sites (tertiary alicyclic amines) is 1. The zero-order chi connectivity index (χ0) is 16.9. The van der Waals surface area contributed by atoms with Crippen LogP contribution < -0.4 is 5.32 Å². The number of hydrogen-bond donors (Lipinski definition) is 1. The highest BCUT2D eigenvalue weighted by Crippen LogP contribution is 2.28. The normalized spacial score (nSPS) is 18.1. The molecule has 1 aliphatic heterocycles. The monoisotopic (exact) mass is 372 g/mol. The van der Waals surface area contributed by atoms with Crippen LogP contribution in [0.5, 0.6) is 0 Å². The first-order valence-corrected chi connectivity index (χ1v) is 9.07. The number of aryl methyl sites for hydroxylation is 1. The summed E-state index contributed by atoms with van der Waals surface area (Å²) in [5, 5.41) is 3.61. The molecular formula is C19H27ClF2N2O. The summed E-state index contributed by atoms with van der Waals surface area (Å²) >= 11 is 0. The van der Waals surface area contributed by atoms with E-state index in [9.17, 15) is 13.6 Å². The summed E-state index contributed by atoms with van der Waals surface area (Å²) in [4.78, 5) is 14.2. The van der Waals surface area contributed by atoms with Gasteiger partial charge in [-0.1, -0.05) is 6.07 Å². The molecule has 25 heavy (non-hydrogen) atoms. The maximum atomic E-state index is 13.2. The third kappa shape index (κ3) is 6.23. The molecular weight excluding hydrogens is 346 g/mol. The fraction of sp³-hybridized carbons (Fsp3) is 0.632. The number of nitrogens with zero attached hydrogens (tertiary/aromatic N) is 1. The molecule has 1 saturated carbocycles. The van der Waals surface area contributed by atoms with E-state index in [4.69, 9.17) is 0 Å². The average Bonchev–Trinajstić information content (AvgIpc) is 3.41. The molecule has 0 radical (unpaired) electrons. The number of halogens is 3. The second-order valence-corrected chi connectivity index (χ2v) is 7.11. The topological polar surface area (TPSA) is 32.3 Å². The van der Waals surface area contributed by atoms with Gasteiger partial charge in [0.1, 0.15) is 0 Å². The Morgan fingerprint density at radius 2 is 1.84 bits per heavy atom. The predicted molar refractivity (Wildman–Crippen MR) is 96.9 cm³/mol. The van der Waals surface area contributed by atoms with Gasteiger partial charge >= 0.3 is 0 Å². The van der Waals surface area contributed by atoms with Crippen molar-refractivity contribution < 1.29 is 13.6 Å². The smallest absolute Gasteiger partial charge is 0.222 e. The van der Waals surface area contributed by atoms with Crippen molar-refractivity contribution in [2.24, 2.45) is 5.92 Å². The summed E-state index contributed by atoms with van der Waals surface area (Å²) < 4.78 is 26.0. The molecule has 1 saturated heterocycles. The largest absolute Gasteiger partial charge is 0.343 e. The van der Waals surface area contributed by atoms with Gasteiger partial charge in [-0.2, -0.15) is 0 Å². The average molecular weight is 373 g/mol. The highest BCUT2D eigenvalue weighted by Gasteiger charge is 2.25. The molecule has 3 rings (SSSR count). The van der Waals surface area contributed by atoms with Gasteiger partial charge in [0.2, 0.25) is 5.91 Å². The lowest BCUT2D eigenvalue weighted by Gasteiger charge is -2.32. The van der Waals surface area contributed by atoms with Crippen LogP contribution in [0, 0.1) is 17.6 Å². The van der Waals surface area contributed by atoms with E-state index in [2.05, 4.69) is 5.32 Å². The Morgan fingerprint density at radius 3 is 2.48 bits per heavy atom. The van der Waals surface area contributed by atoms with Crippen molar-refractivity contribution in [2.75, 3.05) is 19.6 Å². The van der Waals surface area contributed by atoms with Crippen LogP contribution in [-0.2, 0) is 11.2 Å². The van der Waals surface area contributed by atoms with Gasteiger partial charge < -0.3 is 10.2 Å². The Balaban J connectivity index is 0.00000225. The first-order chi connectivity index (χ1) is 11.6. The first-order valence-electron chi connectivity index (χ1n) is 9.07. The Kier molecular flexibility index (Phi) is 7.63. The summed E-state index contributed by atoms with van der Waals surface area (Å²) in [7, 11) is 0. The fourth-order valence-corrected chi connectivity index (χ4v) is 3.29. The Labute approximate surface area is 154 Å². The van der Waals surface area contributed by atoms with Crippen LogP contribution in [-0.4, -0.2) is 36.5 Å². The van der Waals surface area contributed by atoms with Crippen LogP contribution in [0.2, 0.25) is 0 Å². The summed E-state index contributed by atoms with van der Waals surface area (Å²) in [6.45, 7) is 2.78. The van der Waals surface area contributed by atoms with Crippen molar-refractivity contribution in [3.05, 3.63) is 35.4 Å². The van der Waals surface area contributed by atoms with Gasteiger partial charge in [-0.3, -0.25) is 4.79 Å². The maximum Gasteiger partial charge on any atom is 0.222 e. The van der Waals surface area contributed by atoms with Crippen LogP contribution in [0.3, 0.4) is 0 Å². The highest BCUT2D eigenvalue weighted by atomic mass is 35.5. The van der Waals surface area contributed by atoms with Crippen molar-refractivity contribution in [2.45, 2.75) is 51.0 Å². The lowest BCUT2D eigenvalue weighted by molar-refractivity contribution is -0.132. The molecule has 1 aromatic carbocycles. The SMILES string of the molecule is Cl.O=C(CCCc1ccc(F)c(F)c1)N1CCC(NCC2CC2)CC1. The lowest BCUT2D eigenvalue weighted by Crippen LogP contribution is -2.45. The molecule has 6 heteroatoms. The van der Waals surface area contributed by atoms with Crippen molar-refractivity contribution in [3.8, 4) is 0 Å². The Bertz CT molecular complexity index is 573. The fourth-order valence-electron chi connectivity index (χ4n) is 3.29. The van der Waals surface area contributed by atoms with Gasteiger partial charge in [0.25, 0.3) is 0 Å². The first kappa shape index (κ1) is 20.1. The van der Waals surface area contributed by atoms with Crippen LogP contribution in [0.15, 0.2) is 18.2 Å². The summed E-state index contributed by atoms with van der Waals surface area (Å²) in [5.74, 6) is -0.577. The highest BCUT2D eigenvalue weighted by molar-refractivity contribution is 5.85. The molecule has 0 aromatic heterocycles. The number of piperidine rings is 1. The molecule has 0 unspecified atom stereocenters. The second kappa shape index (κ2) is 9.48. The van der Waals surface area contributed by atoms with Crippen LogP contribution in [0.1, 0.15) is 44.1 Å². The molecule has 1 amide bonds. The third-order valence-electron chi connectivity index (χ3n) is 5.08. The lowest BCUT2D eigenvalue weighted by atomic mass is 10.0. The number of nitrogens with one attached hydrogen (secondary N) is 1. The number of rotatable bonds is 7. The minimum atomic E-state index is -0.826. The number of carbonyl (C=O) groups is 1. The van der Waals surface area contributed by atoms with Crippen molar-refractivity contribution in [1.29, 1.82) is 0 Å². The maximum absolute atomic E-state index is 13.2. The van der Waals surface area contributed by atoms with Crippen LogP contribution in [0.4, 0.5) is 8.78 Å². The van der Waals surface area contributed by atoms with E-state index in [0.29, 0.717) is 25.3 Å².